The summed E-state index contributed by atoms with van der Waals surface area (Å²) in [6.07, 6.45) is 0. The predicted octanol–water partition coefficient (Wildman–Crippen LogP) is 2.59. The van der Waals surface area contributed by atoms with Gasteiger partial charge in [0.2, 0.25) is 5.91 Å². The lowest BCUT2D eigenvalue weighted by Crippen LogP contribution is -2.41. The van der Waals surface area contributed by atoms with Crippen LogP contribution in [0, 0.1) is 0 Å². The third-order valence-corrected chi connectivity index (χ3v) is 5.07. The van der Waals surface area contributed by atoms with Crippen LogP contribution in [0.1, 0.15) is 34.6 Å². The summed E-state index contributed by atoms with van der Waals surface area (Å²) in [5.74, 6) is -0.354. The first-order chi connectivity index (χ1) is 13.0. The fraction of sp³-hybridized carbons (Fsp3) is 0.211. The van der Waals surface area contributed by atoms with E-state index in [1.165, 1.54) is 11.8 Å². The fourth-order valence-electron chi connectivity index (χ4n) is 2.48. The first kappa shape index (κ1) is 18.8. The van der Waals surface area contributed by atoms with Crippen molar-refractivity contribution in [2.45, 2.75) is 24.0 Å². The first-order valence-corrected chi connectivity index (χ1v) is 9.31. The van der Waals surface area contributed by atoms with Crippen molar-refractivity contribution in [3.8, 4) is 5.75 Å². The van der Waals surface area contributed by atoms with E-state index in [4.69, 9.17) is 4.74 Å². The van der Waals surface area contributed by atoms with Crippen LogP contribution in [0.15, 0.2) is 47.4 Å². The summed E-state index contributed by atoms with van der Waals surface area (Å²) in [5.41, 5.74) is 6.06. The molecule has 0 bridgehead atoms. The lowest BCUT2D eigenvalue weighted by atomic mass is 10.2. The molecule has 1 aliphatic heterocycles. The van der Waals surface area contributed by atoms with Gasteiger partial charge in [-0.25, -0.2) is 0 Å². The molecule has 0 saturated heterocycles. The van der Waals surface area contributed by atoms with Gasteiger partial charge in [-0.1, -0.05) is 0 Å². The maximum atomic E-state index is 12.3. The predicted molar refractivity (Wildman–Crippen MR) is 103 cm³/mol. The van der Waals surface area contributed by atoms with Crippen molar-refractivity contribution in [2.75, 3.05) is 11.9 Å². The number of anilines is 1. The van der Waals surface area contributed by atoms with E-state index < -0.39 is 11.8 Å². The fourth-order valence-corrected chi connectivity index (χ4v) is 3.41. The highest BCUT2D eigenvalue weighted by Crippen LogP contribution is 2.35. The number of carbonyl (C=O) groups excluding carboxylic acids is 3. The summed E-state index contributed by atoms with van der Waals surface area (Å²) < 4.78 is 5.32. The number of rotatable bonds is 4. The van der Waals surface area contributed by atoms with Crippen LogP contribution < -0.4 is 20.9 Å². The Morgan fingerprint density at radius 3 is 2.37 bits per heavy atom. The minimum atomic E-state index is -0.477. The van der Waals surface area contributed by atoms with Crippen LogP contribution in [0.3, 0.4) is 0 Å². The second kappa shape index (κ2) is 8.13. The minimum Gasteiger partial charge on any atom is -0.494 e. The van der Waals surface area contributed by atoms with Crippen LogP contribution in [0.2, 0.25) is 0 Å². The van der Waals surface area contributed by atoms with Crippen LogP contribution in [0.25, 0.3) is 0 Å². The summed E-state index contributed by atoms with van der Waals surface area (Å²) in [5, 5.41) is 2.60. The van der Waals surface area contributed by atoms with Gasteiger partial charge < -0.3 is 10.1 Å². The molecule has 0 unspecified atom stereocenters. The molecule has 3 amide bonds. The minimum absolute atomic E-state index is 0.103. The molecule has 0 saturated carbocycles. The molecule has 27 heavy (non-hydrogen) atoms. The van der Waals surface area contributed by atoms with E-state index in [1.54, 1.807) is 42.5 Å². The van der Waals surface area contributed by atoms with Crippen LogP contribution in [-0.4, -0.2) is 29.6 Å². The highest BCUT2D eigenvalue weighted by molar-refractivity contribution is 8.00. The van der Waals surface area contributed by atoms with Crippen molar-refractivity contribution in [1.29, 1.82) is 0 Å². The quantitative estimate of drug-likeness (QED) is 0.703. The zero-order valence-corrected chi connectivity index (χ0v) is 15.7. The Labute approximate surface area is 160 Å². The topological polar surface area (TPSA) is 96.5 Å². The molecule has 8 heteroatoms. The third kappa shape index (κ3) is 4.40. The number of hydrogen-bond donors (Lipinski definition) is 3. The molecule has 0 spiro atoms. The van der Waals surface area contributed by atoms with Gasteiger partial charge >= 0.3 is 0 Å². The van der Waals surface area contributed by atoms with E-state index in [9.17, 15) is 14.4 Å². The molecule has 0 fully saturated rings. The molecule has 140 valence electrons. The molecule has 2 aromatic rings. The van der Waals surface area contributed by atoms with Crippen molar-refractivity contribution in [3.63, 3.8) is 0 Å². The van der Waals surface area contributed by atoms with Crippen LogP contribution in [0.5, 0.6) is 5.75 Å². The SMILES string of the molecule is CCOc1ccc(C(=O)NNC(=O)c2ccc3c(c2)NC(=O)[C@H](C)S3)cc1. The number of hydrogen-bond acceptors (Lipinski definition) is 5. The Morgan fingerprint density at radius 1 is 1.07 bits per heavy atom. The van der Waals surface area contributed by atoms with Crippen molar-refractivity contribution in [2.24, 2.45) is 0 Å². The van der Waals surface area contributed by atoms with Crippen LogP contribution in [0.4, 0.5) is 5.69 Å². The largest absolute Gasteiger partial charge is 0.494 e. The highest BCUT2D eigenvalue weighted by Gasteiger charge is 2.23. The monoisotopic (exact) mass is 385 g/mol. The average molecular weight is 385 g/mol. The van der Waals surface area contributed by atoms with E-state index in [1.807, 2.05) is 13.8 Å². The summed E-state index contributed by atoms with van der Waals surface area (Å²) >= 11 is 1.44. The molecule has 0 aromatic heterocycles. The van der Waals surface area contributed by atoms with Gasteiger partial charge in [-0.2, -0.15) is 0 Å². The number of carbonyl (C=O) groups is 3. The van der Waals surface area contributed by atoms with Gasteiger partial charge in [0.05, 0.1) is 17.5 Å². The Balaban J connectivity index is 1.61. The number of fused-ring (bicyclic) bond motifs is 1. The van der Waals surface area contributed by atoms with E-state index in [0.29, 0.717) is 29.2 Å². The number of amides is 3. The molecule has 1 atom stereocenters. The molecule has 0 radical (unpaired) electrons. The van der Waals surface area contributed by atoms with Gasteiger partial charge in [-0.15, -0.1) is 11.8 Å². The van der Waals surface area contributed by atoms with E-state index in [2.05, 4.69) is 16.2 Å². The second-order valence-corrected chi connectivity index (χ2v) is 7.21. The van der Waals surface area contributed by atoms with E-state index in [0.717, 1.165) is 4.90 Å². The first-order valence-electron chi connectivity index (χ1n) is 8.43. The third-order valence-electron chi connectivity index (χ3n) is 3.89. The zero-order chi connectivity index (χ0) is 19.4. The average Bonchev–Trinajstić information content (AvgIpc) is 2.67. The van der Waals surface area contributed by atoms with Gasteiger partial charge in [0.25, 0.3) is 11.8 Å². The Kier molecular flexibility index (Phi) is 5.66. The van der Waals surface area contributed by atoms with Gasteiger partial charge in [0.1, 0.15) is 5.75 Å². The number of thioether (sulfide) groups is 1. The Hall–Kier alpha value is -3.00. The van der Waals surface area contributed by atoms with Crippen molar-refractivity contribution in [3.05, 3.63) is 53.6 Å². The number of hydrazine groups is 1. The smallest absolute Gasteiger partial charge is 0.269 e. The lowest BCUT2D eigenvalue weighted by molar-refractivity contribution is -0.115. The standard InChI is InChI=1S/C19H19N3O4S/c1-3-26-14-7-4-12(5-8-14)18(24)21-22-19(25)13-6-9-16-15(10-13)20-17(23)11(2)27-16/h4-11H,3H2,1-2H3,(H,20,23)(H,21,24)(H,22,25)/t11-/m0/s1. The molecular weight excluding hydrogens is 366 g/mol. The summed E-state index contributed by atoms with van der Waals surface area (Å²) in [6.45, 7) is 4.24. The van der Waals surface area contributed by atoms with Gasteiger partial charge in [0, 0.05) is 16.0 Å². The molecule has 2 aromatic carbocycles. The van der Waals surface area contributed by atoms with Crippen molar-refractivity contribution >= 4 is 35.2 Å². The van der Waals surface area contributed by atoms with Gasteiger partial charge in [-0.3, -0.25) is 25.2 Å². The molecular formula is C19H19N3O4S. The maximum absolute atomic E-state index is 12.3. The highest BCUT2D eigenvalue weighted by atomic mass is 32.2. The normalized spacial score (nSPS) is 15.3. The maximum Gasteiger partial charge on any atom is 0.269 e. The van der Waals surface area contributed by atoms with Crippen LogP contribution in [-0.2, 0) is 4.79 Å². The van der Waals surface area contributed by atoms with Crippen LogP contribution >= 0.6 is 11.8 Å². The molecule has 1 aliphatic rings. The Morgan fingerprint density at radius 2 is 1.70 bits per heavy atom. The summed E-state index contributed by atoms with van der Waals surface area (Å²) in [6, 6.07) is 11.6. The molecule has 0 aliphatic carbocycles. The van der Waals surface area contributed by atoms with E-state index in [-0.39, 0.29) is 11.2 Å². The Bertz CT molecular complexity index is 883. The summed E-state index contributed by atoms with van der Waals surface area (Å²) in [4.78, 5) is 37.1. The zero-order valence-electron chi connectivity index (χ0n) is 14.9. The molecule has 3 rings (SSSR count). The van der Waals surface area contributed by atoms with Crippen molar-refractivity contribution in [1.82, 2.24) is 10.9 Å². The molecule has 3 N–H and O–H groups in total. The van der Waals surface area contributed by atoms with E-state index >= 15 is 0 Å². The second-order valence-electron chi connectivity index (χ2n) is 5.83. The lowest BCUT2D eigenvalue weighted by Gasteiger charge is -2.21. The molecule has 7 nitrogen and oxygen atoms in total. The molecule has 1 heterocycles. The summed E-state index contributed by atoms with van der Waals surface area (Å²) in [7, 11) is 0. The number of benzene rings is 2. The number of nitrogens with one attached hydrogen (secondary N) is 3. The van der Waals surface area contributed by atoms with Crippen molar-refractivity contribution < 1.29 is 19.1 Å². The van der Waals surface area contributed by atoms with Gasteiger partial charge in [0.15, 0.2) is 0 Å². The van der Waals surface area contributed by atoms with Gasteiger partial charge in [-0.05, 0) is 56.3 Å². The number of ether oxygens (including phenoxy) is 1.